The zero-order valence-corrected chi connectivity index (χ0v) is 22.9. The molecule has 0 spiro atoms. The van der Waals surface area contributed by atoms with E-state index in [-0.39, 0.29) is 24.4 Å². The monoisotopic (exact) mass is 520 g/mol. The number of carbonyl (C=O) groups excluding carboxylic acids is 2. The van der Waals surface area contributed by atoms with Gasteiger partial charge in [-0.05, 0) is 67.0 Å². The van der Waals surface area contributed by atoms with Crippen LogP contribution in [-0.4, -0.2) is 55.0 Å². The second-order valence-corrected chi connectivity index (χ2v) is 10.9. The number of ether oxygens (including phenoxy) is 2. The van der Waals surface area contributed by atoms with Crippen LogP contribution in [0.2, 0.25) is 0 Å². The minimum atomic E-state index is -0.228. The molecule has 2 amide bonds. The van der Waals surface area contributed by atoms with Gasteiger partial charge in [-0.3, -0.25) is 9.59 Å². The van der Waals surface area contributed by atoms with Gasteiger partial charge >= 0.3 is 0 Å². The van der Waals surface area contributed by atoms with E-state index in [0.717, 1.165) is 24.0 Å². The van der Waals surface area contributed by atoms with Gasteiger partial charge in [0.05, 0.1) is 13.2 Å². The second kappa shape index (κ2) is 12.3. The molecular formula is C30H36N2O4S. The highest BCUT2D eigenvalue weighted by Crippen LogP contribution is 2.35. The van der Waals surface area contributed by atoms with E-state index in [4.69, 9.17) is 9.47 Å². The number of benzene rings is 2. The Balaban J connectivity index is 1.54. The van der Waals surface area contributed by atoms with E-state index >= 15 is 0 Å². The molecule has 3 aromatic rings. The number of carbonyl (C=O) groups is 2. The quantitative estimate of drug-likeness (QED) is 0.341. The second-order valence-electron chi connectivity index (χ2n) is 9.89. The van der Waals surface area contributed by atoms with E-state index in [1.807, 2.05) is 60.4 Å². The third kappa shape index (κ3) is 6.52. The Labute approximate surface area is 223 Å². The van der Waals surface area contributed by atoms with Gasteiger partial charge in [-0.2, -0.15) is 0 Å². The number of hydrogen-bond donors (Lipinski definition) is 0. The van der Waals surface area contributed by atoms with Crippen LogP contribution in [0.4, 0.5) is 0 Å². The molecule has 0 bridgehead atoms. The van der Waals surface area contributed by atoms with Gasteiger partial charge in [-0.25, -0.2) is 0 Å². The van der Waals surface area contributed by atoms with Crippen molar-refractivity contribution >= 4 is 23.2 Å². The first kappa shape index (κ1) is 26.7. The zero-order chi connectivity index (χ0) is 26.4. The van der Waals surface area contributed by atoms with Crippen LogP contribution in [0.25, 0.3) is 0 Å². The maximum atomic E-state index is 13.8. The number of thiophene rings is 1. The van der Waals surface area contributed by atoms with Crippen molar-refractivity contribution in [1.82, 2.24) is 9.80 Å². The number of amides is 2. The molecule has 0 unspecified atom stereocenters. The molecule has 1 atom stereocenters. The molecule has 1 aliphatic rings. The van der Waals surface area contributed by atoms with E-state index < -0.39 is 0 Å². The summed E-state index contributed by atoms with van der Waals surface area (Å²) in [4.78, 5) is 32.1. The fourth-order valence-corrected chi connectivity index (χ4v) is 5.51. The highest BCUT2D eigenvalue weighted by atomic mass is 32.1. The average Bonchev–Trinajstić information content (AvgIpc) is 3.39. The van der Waals surface area contributed by atoms with Crippen LogP contribution in [-0.2, 0) is 11.2 Å². The standard InChI is InChI=1S/C30H36N2O4S/c1-21(2)13-16-31(30(34)23-11-9-22(3)10-12-23)19-29(33)32-17-14-28-24(15-18-37-28)25(32)20-36-27-8-6-5-7-26(27)35-4/h5-12,15,18,21,25H,13-14,16-17,19-20H2,1-4H3/t25-/m0/s1. The lowest BCUT2D eigenvalue weighted by molar-refractivity contribution is -0.135. The molecule has 0 radical (unpaired) electrons. The van der Waals surface area contributed by atoms with Gasteiger partial charge in [0.25, 0.3) is 5.91 Å². The lowest BCUT2D eigenvalue weighted by Crippen LogP contribution is -2.48. The van der Waals surface area contributed by atoms with Crippen molar-refractivity contribution in [3.63, 3.8) is 0 Å². The maximum Gasteiger partial charge on any atom is 0.254 e. The van der Waals surface area contributed by atoms with Gasteiger partial charge in [-0.15, -0.1) is 11.3 Å². The van der Waals surface area contributed by atoms with Gasteiger partial charge < -0.3 is 19.3 Å². The molecule has 2 heterocycles. The van der Waals surface area contributed by atoms with E-state index in [1.54, 1.807) is 23.3 Å². The maximum absolute atomic E-state index is 13.8. The molecule has 0 saturated heterocycles. The van der Waals surface area contributed by atoms with Gasteiger partial charge in [0, 0.05) is 23.5 Å². The molecule has 0 fully saturated rings. The van der Waals surface area contributed by atoms with E-state index in [2.05, 4.69) is 25.3 Å². The van der Waals surface area contributed by atoms with E-state index in [0.29, 0.717) is 42.7 Å². The SMILES string of the molecule is COc1ccccc1OC[C@H]1c2ccsc2CCN1C(=O)CN(CCC(C)C)C(=O)c1ccc(C)cc1. The lowest BCUT2D eigenvalue weighted by atomic mass is 10.00. The smallest absolute Gasteiger partial charge is 0.254 e. The first-order valence-electron chi connectivity index (χ1n) is 12.8. The minimum Gasteiger partial charge on any atom is -0.493 e. The Bertz CT molecular complexity index is 1200. The molecule has 0 saturated carbocycles. The topological polar surface area (TPSA) is 59.1 Å². The van der Waals surface area contributed by atoms with Crippen LogP contribution in [0.15, 0.2) is 60.0 Å². The van der Waals surface area contributed by atoms with Crippen molar-refractivity contribution < 1.29 is 19.1 Å². The average molecular weight is 521 g/mol. The van der Waals surface area contributed by atoms with Crippen LogP contribution in [0.5, 0.6) is 11.5 Å². The number of fused-ring (bicyclic) bond motifs is 1. The van der Waals surface area contributed by atoms with Crippen molar-refractivity contribution in [2.45, 2.75) is 39.7 Å². The summed E-state index contributed by atoms with van der Waals surface area (Å²) < 4.78 is 11.6. The zero-order valence-electron chi connectivity index (χ0n) is 22.1. The third-order valence-electron chi connectivity index (χ3n) is 6.77. The molecule has 1 aliphatic heterocycles. The fourth-order valence-electron chi connectivity index (χ4n) is 4.58. The molecule has 4 rings (SSSR count). The number of methoxy groups -OCH3 is 1. The predicted molar refractivity (Wildman–Crippen MR) is 148 cm³/mol. The van der Waals surface area contributed by atoms with E-state index in [9.17, 15) is 9.59 Å². The van der Waals surface area contributed by atoms with Crippen LogP contribution < -0.4 is 9.47 Å². The molecular weight excluding hydrogens is 484 g/mol. The van der Waals surface area contributed by atoms with Crippen molar-refractivity contribution in [2.24, 2.45) is 5.92 Å². The first-order valence-corrected chi connectivity index (χ1v) is 13.7. The van der Waals surface area contributed by atoms with Gasteiger partial charge in [0.2, 0.25) is 5.91 Å². The van der Waals surface area contributed by atoms with Crippen LogP contribution in [0, 0.1) is 12.8 Å². The Hall–Kier alpha value is -3.32. The summed E-state index contributed by atoms with van der Waals surface area (Å²) in [5, 5.41) is 2.07. The Morgan fingerprint density at radius 3 is 2.51 bits per heavy atom. The summed E-state index contributed by atoms with van der Waals surface area (Å²) in [6.07, 6.45) is 1.64. The van der Waals surface area contributed by atoms with Gasteiger partial charge in [0.15, 0.2) is 11.5 Å². The molecule has 7 heteroatoms. The van der Waals surface area contributed by atoms with Crippen molar-refractivity contribution in [2.75, 3.05) is 33.4 Å². The Morgan fingerprint density at radius 2 is 1.81 bits per heavy atom. The molecule has 1 aromatic heterocycles. The summed E-state index contributed by atoms with van der Waals surface area (Å²) in [6.45, 7) is 7.75. The number of hydrogen-bond acceptors (Lipinski definition) is 5. The highest BCUT2D eigenvalue weighted by Gasteiger charge is 2.34. The van der Waals surface area contributed by atoms with Gasteiger partial charge in [0.1, 0.15) is 13.2 Å². The summed E-state index contributed by atoms with van der Waals surface area (Å²) in [6, 6.07) is 16.9. The van der Waals surface area contributed by atoms with Crippen molar-refractivity contribution in [3.05, 3.63) is 81.5 Å². The Kier molecular flexibility index (Phi) is 8.87. The highest BCUT2D eigenvalue weighted by molar-refractivity contribution is 7.10. The van der Waals surface area contributed by atoms with E-state index in [1.165, 1.54) is 4.88 Å². The molecule has 196 valence electrons. The summed E-state index contributed by atoms with van der Waals surface area (Å²) in [7, 11) is 1.62. The fraction of sp³-hybridized carbons (Fsp3) is 0.400. The molecule has 37 heavy (non-hydrogen) atoms. The number of nitrogens with zero attached hydrogens (tertiary/aromatic N) is 2. The molecule has 2 aromatic carbocycles. The van der Waals surface area contributed by atoms with Crippen LogP contribution >= 0.6 is 11.3 Å². The van der Waals surface area contributed by atoms with Gasteiger partial charge in [-0.1, -0.05) is 43.7 Å². The normalized spacial score (nSPS) is 14.8. The lowest BCUT2D eigenvalue weighted by Gasteiger charge is -2.37. The summed E-state index contributed by atoms with van der Waals surface area (Å²) in [5.41, 5.74) is 2.83. The molecule has 0 N–H and O–H groups in total. The minimum absolute atomic E-state index is 0.0457. The van der Waals surface area contributed by atoms with Crippen LogP contribution in [0.1, 0.15) is 52.7 Å². The van der Waals surface area contributed by atoms with Crippen molar-refractivity contribution in [1.29, 1.82) is 0 Å². The summed E-state index contributed by atoms with van der Waals surface area (Å²) >= 11 is 1.72. The number of para-hydroxylation sites is 2. The molecule has 6 nitrogen and oxygen atoms in total. The largest absolute Gasteiger partial charge is 0.493 e. The van der Waals surface area contributed by atoms with Crippen LogP contribution in [0.3, 0.4) is 0 Å². The Morgan fingerprint density at radius 1 is 1.08 bits per heavy atom. The number of rotatable bonds is 10. The predicted octanol–water partition coefficient (Wildman–Crippen LogP) is 5.76. The summed E-state index contributed by atoms with van der Waals surface area (Å²) in [5.74, 6) is 1.56. The number of aryl methyl sites for hydroxylation is 1. The molecule has 0 aliphatic carbocycles. The third-order valence-corrected chi connectivity index (χ3v) is 7.77. The first-order chi connectivity index (χ1) is 17.9. The van der Waals surface area contributed by atoms with Crippen molar-refractivity contribution in [3.8, 4) is 11.5 Å².